The maximum absolute atomic E-state index is 11.8. The molecule has 0 bridgehead atoms. The zero-order valence-corrected chi connectivity index (χ0v) is 12.8. The quantitative estimate of drug-likeness (QED) is 0.569. The van der Waals surface area contributed by atoms with Gasteiger partial charge in [-0.2, -0.15) is 0 Å². The predicted molar refractivity (Wildman–Crippen MR) is 70.1 cm³/mol. The minimum absolute atomic E-state index is 0.0841. The molecule has 0 N–H and O–H groups in total. The van der Waals surface area contributed by atoms with E-state index in [1.807, 2.05) is 13.8 Å². The van der Waals surface area contributed by atoms with Crippen molar-refractivity contribution in [3.63, 3.8) is 0 Å². The Balaban J connectivity index is 1.79. The molecule has 4 unspecified atom stereocenters. The SMILES string of the molecule is CC1COC(C)(CC(=O)OC(=O)CC2(C)OCC(C)O2)O1. The molecule has 2 heterocycles. The number of hydrogen-bond donors (Lipinski definition) is 0. The van der Waals surface area contributed by atoms with E-state index in [0.717, 1.165) is 0 Å². The standard InChI is InChI=1S/C14H22O7/c1-9-7-17-13(3,20-9)5-11(15)19-12(16)6-14(4)18-8-10(2)21-14/h9-10H,5-8H2,1-4H3. The van der Waals surface area contributed by atoms with Crippen LogP contribution in [0.25, 0.3) is 0 Å². The van der Waals surface area contributed by atoms with Gasteiger partial charge in [-0.1, -0.05) is 0 Å². The number of carbonyl (C=O) groups is 2. The summed E-state index contributed by atoms with van der Waals surface area (Å²) < 4.78 is 26.5. The van der Waals surface area contributed by atoms with Gasteiger partial charge in [0.25, 0.3) is 0 Å². The Morgan fingerprint density at radius 2 is 1.33 bits per heavy atom. The molecule has 2 aliphatic rings. The van der Waals surface area contributed by atoms with Crippen LogP contribution in [-0.2, 0) is 33.3 Å². The minimum Gasteiger partial charge on any atom is -0.393 e. The highest BCUT2D eigenvalue weighted by molar-refractivity contribution is 5.86. The molecule has 4 atom stereocenters. The third-order valence-corrected chi connectivity index (χ3v) is 3.31. The topological polar surface area (TPSA) is 80.3 Å². The van der Waals surface area contributed by atoms with Gasteiger partial charge in [0.2, 0.25) is 0 Å². The molecule has 0 radical (unpaired) electrons. The van der Waals surface area contributed by atoms with Crippen molar-refractivity contribution in [3.05, 3.63) is 0 Å². The van der Waals surface area contributed by atoms with Gasteiger partial charge in [-0.05, 0) is 27.7 Å². The lowest BCUT2D eigenvalue weighted by Gasteiger charge is -2.23. The van der Waals surface area contributed by atoms with Crippen molar-refractivity contribution < 1.29 is 33.3 Å². The van der Waals surface area contributed by atoms with E-state index in [1.54, 1.807) is 13.8 Å². The molecule has 2 rings (SSSR count). The number of ether oxygens (including phenoxy) is 5. The van der Waals surface area contributed by atoms with Crippen molar-refractivity contribution in [2.24, 2.45) is 0 Å². The first kappa shape index (κ1) is 16.4. The minimum atomic E-state index is -1.03. The first-order valence-corrected chi connectivity index (χ1v) is 7.07. The fraction of sp³-hybridized carbons (Fsp3) is 0.857. The van der Waals surface area contributed by atoms with Gasteiger partial charge in [0.1, 0.15) is 0 Å². The summed E-state index contributed by atoms with van der Waals surface area (Å²) >= 11 is 0. The van der Waals surface area contributed by atoms with Gasteiger partial charge in [-0.3, -0.25) is 9.59 Å². The lowest BCUT2D eigenvalue weighted by atomic mass is 10.2. The zero-order chi connectivity index (χ0) is 15.7. The van der Waals surface area contributed by atoms with Crippen LogP contribution in [0.15, 0.2) is 0 Å². The third kappa shape index (κ3) is 4.47. The van der Waals surface area contributed by atoms with E-state index in [9.17, 15) is 9.59 Å². The highest BCUT2D eigenvalue weighted by Gasteiger charge is 2.41. The number of rotatable bonds is 4. The smallest absolute Gasteiger partial charge is 0.318 e. The molecule has 0 aromatic carbocycles. The summed E-state index contributed by atoms with van der Waals surface area (Å²) in [4.78, 5) is 23.6. The fourth-order valence-electron chi connectivity index (χ4n) is 2.48. The highest BCUT2D eigenvalue weighted by Crippen LogP contribution is 2.28. The molecule has 0 aromatic rings. The normalized spacial score (nSPS) is 39.4. The van der Waals surface area contributed by atoms with Crippen molar-refractivity contribution in [1.82, 2.24) is 0 Å². The van der Waals surface area contributed by atoms with Gasteiger partial charge < -0.3 is 23.7 Å². The van der Waals surface area contributed by atoms with E-state index in [0.29, 0.717) is 13.2 Å². The van der Waals surface area contributed by atoms with Gasteiger partial charge in [0, 0.05) is 0 Å². The Bertz CT molecular complexity index is 386. The van der Waals surface area contributed by atoms with E-state index in [2.05, 4.69) is 0 Å². The van der Waals surface area contributed by atoms with E-state index in [4.69, 9.17) is 23.7 Å². The molecule has 7 nitrogen and oxygen atoms in total. The van der Waals surface area contributed by atoms with Crippen LogP contribution in [0.3, 0.4) is 0 Å². The van der Waals surface area contributed by atoms with Crippen LogP contribution >= 0.6 is 0 Å². The van der Waals surface area contributed by atoms with Crippen LogP contribution in [0.5, 0.6) is 0 Å². The van der Waals surface area contributed by atoms with E-state index in [1.165, 1.54) is 0 Å². The number of carbonyl (C=O) groups excluding carboxylic acids is 2. The second-order valence-corrected chi connectivity index (χ2v) is 5.95. The van der Waals surface area contributed by atoms with Crippen LogP contribution in [0.4, 0.5) is 0 Å². The maximum atomic E-state index is 11.8. The predicted octanol–water partition coefficient (Wildman–Crippen LogP) is 1.14. The summed E-state index contributed by atoms with van der Waals surface area (Å²) in [6.45, 7) is 7.81. The van der Waals surface area contributed by atoms with Crippen molar-refractivity contribution in [1.29, 1.82) is 0 Å². The molecule has 21 heavy (non-hydrogen) atoms. The van der Waals surface area contributed by atoms with E-state index in [-0.39, 0.29) is 25.0 Å². The zero-order valence-electron chi connectivity index (χ0n) is 12.8. The monoisotopic (exact) mass is 302 g/mol. The fourth-order valence-corrected chi connectivity index (χ4v) is 2.48. The van der Waals surface area contributed by atoms with Crippen molar-refractivity contribution >= 4 is 11.9 Å². The van der Waals surface area contributed by atoms with Crippen LogP contribution in [0.2, 0.25) is 0 Å². The third-order valence-electron chi connectivity index (χ3n) is 3.31. The molecule has 0 saturated carbocycles. The second-order valence-electron chi connectivity index (χ2n) is 5.95. The summed E-state index contributed by atoms with van der Waals surface area (Å²) in [6.07, 6.45) is -0.450. The number of hydrogen-bond acceptors (Lipinski definition) is 7. The Labute approximate surface area is 123 Å². The summed E-state index contributed by atoms with van der Waals surface area (Å²) in [5, 5.41) is 0. The molecule has 2 fully saturated rings. The van der Waals surface area contributed by atoms with Gasteiger partial charge >= 0.3 is 11.9 Å². The van der Waals surface area contributed by atoms with Gasteiger partial charge in [0.05, 0.1) is 38.3 Å². The Kier molecular flexibility index (Phi) is 4.67. The Morgan fingerprint density at radius 3 is 1.62 bits per heavy atom. The van der Waals surface area contributed by atoms with Crippen molar-refractivity contribution in [3.8, 4) is 0 Å². The first-order valence-electron chi connectivity index (χ1n) is 7.07. The largest absolute Gasteiger partial charge is 0.393 e. The van der Waals surface area contributed by atoms with Crippen LogP contribution in [0.1, 0.15) is 40.5 Å². The molecular formula is C14H22O7. The van der Waals surface area contributed by atoms with Crippen LogP contribution < -0.4 is 0 Å². The molecule has 120 valence electrons. The first-order chi connectivity index (χ1) is 9.70. The van der Waals surface area contributed by atoms with Crippen LogP contribution in [0, 0.1) is 0 Å². The summed E-state index contributed by atoms with van der Waals surface area (Å²) in [5.74, 6) is -3.44. The lowest BCUT2D eigenvalue weighted by molar-refractivity contribution is -0.191. The average molecular weight is 302 g/mol. The second kappa shape index (κ2) is 6.00. The molecule has 2 aliphatic heterocycles. The van der Waals surface area contributed by atoms with Gasteiger partial charge in [-0.15, -0.1) is 0 Å². The number of esters is 2. The molecule has 0 aromatic heterocycles. The van der Waals surface area contributed by atoms with Gasteiger partial charge in [-0.25, -0.2) is 0 Å². The molecule has 7 heteroatoms. The average Bonchev–Trinajstić information content (AvgIpc) is 2.81. The Morgan fingerprint density at radius 1 is 0.952 bits per heavy atom. The van der Waals surface area contributed by atoms with E-state index >= 15 is 0 Å². The molecular weight excluding hydrogens is 280 g/mol. The van der Waals surface area contributed by atoms with Crippen molar-refractivity contribution in [2.45, 2.75) is 64.3 Å². The molecule has 2 saturated heterocycles. The van der Waals surface area contributed by atoms with Crippen LogP contribution in [-0.4, -0.2) is 48.9 Å². The molecule has 0 amide bonds. The summed E-state index contributed by atoms with van der Waals surface area (Å²) in [7, 11) is 0. The van der Waals surface area contributed by atoms with Crippen molar-refractivity contribution in [2.75, 3.05) is 13.2 Å². The summed E-state index contributed by atoms with van der Waals surface area (Å²) in [5.41, 5.74) is 0. The molecule has 0 spiro atoms. The lowest BCUT2D eigenvalue weighted by Crippen LogP contribution is -2.34. The van der Waals surface area contributed by atoms with Gasteiger partial charge in [0.15, 0.2) is 11.6 Å². The Hall–Kier alpha value is -1.02. The summed E-state index contributed by atoms with van der Waals surface area (Å²) in [6, 6.07) is 0. The molecule has 0 aliphatic carbocycles. The highest BCUT2D eigenvalue weighted by atomic mass is 16.8. The van der Waals surface area contributed by atoms with E-state index < -0.39 is 23.5 Å². The maximum Gasteiger partial charge on any atom is 0.318 e.